The minimum absolute atomic E-state index is 0.440. The van der Waals surface area contributed by atoms with Gasteiger partial charge in [0.1, 0.15) is 5.75 Å². The Labute approximate surface area is 186 Å². The highest BCUT2D eigenvalue weighted by Crippen LogP contribution is 2.29. The zero-order chi connectivity index (χ0) is 21.6. The summed E-state index contributed by atoms with van der Waals surface area (Å²) < 4.78 is 7.64. The Morgan fingerprint density at radius 1 is 1.26 bits per heavy atom. The summed E-state index contributed by atoms with van der Waals surface area (Å²) in [5.74, 6) is 3.19. The minimum atomic E-state index is 0.440. The fourth-order valence-corrected chi connectivity index (χ4v) is 4.76. The number of hydrogen-bond donors (Lipinski definition) is 1. The van der Waals surface area contributed by atoms with Gasteiger partial charge in [0, 0.05) is 63.4 Å². The van der Waals surface area contributed by atoms with E-state index in [1.54, 1.807) is 7.11 Å². The van der Waals surface area contributed by atoms with Gasteiger partial charge in [-0.3, -0.25) is 4.99 Å². The van der Waals surface area contributed by atoms with Crippen molar-refractivity contribution < 1.29 is 4.74 Å². The molecule has 3 atom stereocenters. The van der Waals surface area contributed by atoms with Crippen molar-refractivity contribution in [1.82, 2.24) is 19.8 Å². The Kier molecular flexibility index (Phi) is 6.99. The van der Waals surface area contributed by atoms with Crippen LogP contribution in [0.4, 0.5) is 5.69 Å². The number of imidazole rings is 1. The predicted octanol–water partition coefficient (Wildman–Crippen LogP) is 3.27. The Hall–Kier alpha value is -2.70. The molecule has 0 saturated carbocycles. The SMILES string of the molecule is CCNC(=NCC1CCN(c2cccc(OC)c2)C1)N1CCC(C)C(n2ccnc2)C1. The number of nitrogens with zero attached hydrogens (tertiary/aromatic N) is 5. The van der Waals surface area contributed by atoms with Gasteiger partial charge in [-0.05, 0) is 43.7 Å². The summed E-state index contributed by atoms with van der Waals surface area (Å²) in [5.41, 5.74) is 1.24. The first-order valence-corrected chi connectivity index (χ1v) is 11.6. The van der Waals surface area contributed by atoms with Crippen LogP contribution in [0.3, 0.4) is 0 Å². The summed E-state index contributed by atoms with van der Waals surface area (Å²) in [6.45, 7) is 10.4. The van der Waals surface area contributed by atoms with Crippen molar-refractivity contribution in [3.8, 4) is 5.75 Å². The number of rotatable bonds is 6. The van der Waals surface area contributed by atoms with E-state index in [4.69, 9.17) is 9.73 Å². The van der Waals surface area contributed by atoms with Crippen LogP contribution in [0.15, 0.2) is 48.0 Å². The van der Waals surface area contributed by atoms with Crippen LogP contribution in [0.1, 0.15) is 32.7 Å². The van der Waals surface area contributed by atoms with Crippen LogP contribution in [0.5, 0.6) is 5.75 Å². The molecule has 2 aromatic rings. The van der Waals surface area contributed by atoms with Crippen LogP contribution >= 0.6 is 0 Å². The molecule has 3 unspecified atom stereocenters. The summed E-state index contributed by atoms with van der Waals surface area (Å²) >= 11 is 0. The van der Waals surface area contributed by atoms with E-state index >= 15 is 0 Å². The smallest absolute Gasteiger partial charge is 0.193 e. The first-order chi connectivity index (χ1) is 15.2. The molecule has 4 rings (SSSR count). The van der Waals surface area contributed by atoms with Gasteiger partial charge in [0.2, 0.25) is 0 Å². The highest BCUT2D eigenvalue weighted by molar-refractivity contribution is 5.80. The number of guanidine groups is 1. The molecule has 2 saturated heterocycles. The third kappa shape index (κ3) is 5.14. The van der Waals surface area contributed by atoms with Crippen LogP contribution in [0.2, 0.25) is 0 Å². The molecular weight excluding hydrogens is 388 g/mol. The van der Waals surface area contributed by atoms with Crippen LogP contribution in [-0.2, 0) is 0 Å². The molecule has 2 aliphatic heterocycles. The van der Waals surface area contributed by atoms with E-state index in [1.807, 2.05) is 18.6 Å². The molecule has 2 fully saturated rings. The second-order valence-electron chi connectivity index (χ2n) is 8.79. The van der Waals surface area contributed by atoms with Crippen molar-refractivity contribution in [2.45, 2.75) is 32.7 Å². The Morgan fingerprint density at radius 3 is 2.94 bits per heavy atom. The number of aliphatic imine (C=N–C) groups is 1. The number of benzene rings is 1. The average molecular weight is 425 g/mol. The van der Waals surface area contributed by atoms with Gasteiger partial charge in [0.25, 0.3) is 0 Å². The lowest BCUT2D eigenvalue weighted by Gasteiger charge is -2.39. The molecule has 0 amide bonds. The molecule has 1 aromatic carbocycles. The first-order valence-electron chi connectivity index (χ1n) is 11.6. The average Bonchev–Trinajstić information content (AvgIpc) is 3.50. The molecule has 1 N–H and O–H groups in total. The predicted molar refractivity (Wildman–Crippen MR) is 126 cm³/mol. The van der Waals surface area contributed by atoms with Crippen molar-refractivity contribution in [3.05, 3.63) is 43.0 Å². The van der Waals surface area contributed by atoms with Crippen LogP contribution < -0.4 is 15.0 Å². The van der Waals surface area contributed by atoms with Crippen molar-refractivity contribution in [2.75, 3.05) is 51.3 Å². The molecule has 1 aromatic heterocycles. The normalized spacial score (nSPS) is 24.5. The van der Waals surface area contributed by atoms with E-state index in [0.29, 0.717) is 17.9 Å². The van der Waals surface area contributed by atoms with Gasteiger partial charge < -0.3 is 24.4 Å². The van der Waals surface area contributed by atoms with Crippen molar-refractivity contribution in [3.63, 3.8) is 0 Å². The lowest BCUT2D eigenvalue weighted by molar-refractivity contribution is 0.189. The number of likely N-dealkylation sites (tertiary alicyclic amines) is 1. The Bertz CT molecular complexity index is 852. The lowest BCUT2D eigenvalue weighted by Crippen LogP contribution is -2.49. The van der Waals surface area contributed by atoms with Crippen LogP contribution in [0.25, 0.3) is 0 Å². The molecule has 0 aliphatic carbocycles. The molecule has 3 heterocycles. The second-order valence-corrected chi connectivity index (χ2v) is 8.79. The third-order valence-corrected chi connectivity index (χ3v) is 6.66. The van der Waals surface area contributed by atoms with Crippen molar-refractivity contribution >= 4 is 11.6 Å². The fourth-order valence-electron chi connectivity index (χ4n) is 4.76. The van der Waals surface area contributed by atoms with E-state index in [-0.39, 0.29) is 0 Å². The Morgan fingerprint density at radius 2 is 2.16 bits per heavy atom. The van der Waals surface area contributed by atoms with Gasteiger partial charge in [-0.1, -0.05) is 13.0 Å². The highest BCUT2D eigenvalue weighted by atomic mass is 16.5. The third-order valence-electron chi connectivity index (χ3n) is 6.66. The molecule has 7 nitrogen and oxygen atoms in total. The van der Waals surface area contributed by atoms with Gasteiger partial charge in [-0.15, -0.1) is 0 Å². The van der Waals surface area contributed by atoms with Crippen LogP contribution in [0, 0.1) is 11.8 Å². The van der Waals surface area contributed by atoms with Gasteiger partial charge in [-0.2, -0.15) is 0 Å². The summed E-state index contributed by atoms with van der Waals surface area (Å²) in [6, 6.07) is 8.80. The number of aromatic nitrogens is 2. The number of hydrogen-bond acceptors (Lipinski definition) is 4. The van der Waals surface area contributed by atoms with Crippen molar-refractivity contribution in [2.24, 2.45) is 16.8 Å². The van der Waals surface area contributed by atoms with Gasteiger partial charge in [-0.25, -0.2) is 4.98 Å². The number of anilines is 1. The summed E-state index contributed by atoms with van der Waals surface area (Å²) in [7, 11) is 1.72. The first kappa shape index (κ1) is 21.5. The molecule has 0 spiro atoms. The topological polar surface area (TPSA) is 57.9 Å². The van der Waals surface area contributed by atoms with Gasteiger partial charge in [0.15, 0.2) is 5.96 Å². The molecular formula is C24H36N6O. The largest absolute Gasteiger partial charge is 0.497 e. The highest BCUT2D eigenvalue weighted by Gasteiger charge is 2.29. The van der Waals surface area contributed by atoms with E-state index in [9.17, 15) is 0 Å². The van der Waals surface area contributed by atoms with Crippen LogP contribution in [-0.4, -0.2) is 66.8 Å². The summed E-state index contributed by atoms with van der Waals surface area (Å²) in [6.07, 6.45) is 8.25. The molecule has 0 bridgehead atoms. The maximum absolute atomic E-state index is 5.39. The zero-order valence-corrected chi connectivity index (χ0v) is 19.1. The minimum Gasteiger partial charge on any atom is -0.497 e. The second kappa shape index (κ2) is 10.1. The Balaban J connectivity index is 1.39. The molecule has 7 heteroatoms. The number of piperidine rings is 1. The van der Waals surface area contributed by atoms with Crippen molar-refractivity contribution in [1.29, 1.82) is 0 Å². The summed E-state index contributed by atoms with van der Waals surface area (Å²) in [5, 5.41) is 3.54. The molecule has 2 aliphatic rings. The zero-order valence-electron chi connectivity index (χ0n) is 19.1. The van der Waals surface area contributed by atoms with Gasteiger partial charge >= 0.3 is 0 Å². The van der Waals surface area contributed by atoms with E-state index in [1.165, 1.54) is 18.5 Å². The standard InChI is InChI=1S/C24H36N6O/c1-4-26-24(29-11-8-19(2)23(17-29)30-13-10-25-18-30)27-15-20-9-12-28(16-20)21-6-5-7-22(14-21)31-3/h5-7,10,13-14,18-20,23H,4,8-9,11-12,15-17H2,1-3H3,(H,26,27). The fraction of sp³-hybridized carbons (Fsp3) is 0.583. The number of methoxy groups -OCH3 is 1. The van der Waals surface area contributed by atoms with E-state index < -0.39 is 0 Å². The maximum Gasteiger partial charge on any atom is 0.193 e. The number of ether oxygens (including phenoxy) is 1. The maximum atomic E-state index is 5.39. The molecule has 31 heavy (non-hydrogen) atoms. The van der Waals surface area contributed by atoms with Gasteiger partial charge in [0.05, 0.1) is 19.5 Å². The molecule has 0 radical (unpaired) electrons. The van der Waals surface area contributed by atoms with E-state index in [2.05, 4.69) is 62.9 Å². The monoisotopic (exact) mass is 424 g/mol. The quantitative estimate of drug-likeness (QED) is 0.570. The van der Waals surface area contributed by atoms with E-state index in [0.717, 1.165) is 51.0 Å². The number of nitrogens with one attached hydrogen (secondary N) is 1. The lowest BCUT2D eigenvalue weighted by atomic mass is 9.93. The summed E-state index contributed by atoms with van der Waals surface area (Å²) in [4.78, 5) is 14.2. The molecule has 168 valence electrons.